The molecule has 0 radical (unpaired) electrons. The van der Waals surface area contributed by atoms with Gasteiger partial charge in [-0.05, 0) is 45.6 Å². The van der Waals surface area contributed by atoms with E-state index in [2.05, 4.69) is 32.8 Å². The Hall–Kier alpha value is -0.340. The molecule has 17 heavy (non-hydrogen) atoms. The SMILES string of the molecule is C=C(C)CCC(NC)C1(OC)CCCC(C)C1. The van der Waals surface area contributed by atoms with Crippen LogP contribution in [0.15, 0.2) is 12.2 Å². The fraction of sp³-hybridized carbons (Fsp3) is 0.867. The Morgan fingerprint density at radius 3 is 2.76 bits per heavy atom. The molecule has 2 nitrogen and oxygen atoms in total. The summed E-state index contributed by atoms with van der Waals surface area (Å²) in [6, 6.07) is 0.451. The number of rotatable bonds is 6. The zero-order valence-electron chi connectivity index (χ0n) is 12.0. The van der Waals surface area contributed by atoms with Gasteiger partial charge in [-0.25, -0.2) is 0 Å². The van der Waals surface area contributed by atoms with Crippen molar-refractivity contribution in [2.75, 3.05) is 14.2 Å². The van der Waals surface area contributed by atoms with Crippen LogP contribution in [0.4, 0.5) is 0 Å². The van der Waals surface area contributed by atoms with Gasteiger partial charge in [-0.1, -0.05) is 25.3 Å². The van der Waals surface area contributed by atoms with Gasteiger partial charge >= 0.3 is 0 Å². The van der Waals surface area contributed by atoms with E-state index in [0.29, 0.717) is 6.04 Å². The quantitative estimate of drug-likeness (QED) is 0.716. The molecule has 1 aliphatic rings. The van der Waals surface area contributed by atoms with Crippen LogP contribution in [0.2, 0.25) is 0 Å². The standard InChI is InChI=1S/C15H29NO/c1-12(2)8-9-14(16-4)15(17-5)10-6-7-13(3)11-15/h13-14,16H,1,6-11H2,2-5H3. The van der Waals surface area contributed by atoms with Crippen LogP contribution in [-0.2, 0) is 4.74 Å². The van der Waals surface area contributed by atoms with Gasteiger partial charge in [0.05, 0.1) is 5.60 Å². The van der Waals surface area contributed by atoms with Gasteiger partial charge in [0.15, 0.2) is 0 Å². The van der Waals surface area contributed by atoms with Crippen molar-refractivity contribution in [3.8, 4) is 0 Å². The van der Waals surface area contributed by atoms with E-state index in [1.54, 1.807) is 0 Å². The lowest BCUT2D eigenvalue weighted by Gasteiger charge is -2.44. The first-order valence-corrected chi connectivity index (χ1v) is 6.91. The molecule has 2 heteroatoms. The molecule has 1 fully saturated rings. The van der Waals surface area contributed by atoms with Crippen molar-refractivity contribution in [1.29, 1.82) is 0 Å². The predicted molar refractivity (Wildman–Crippen MR) is 74.3 cm³/mol. The molecule has 0 heterocycles. The second-order valence-electron chi connectivity index (χ2n) is 5.81. The Kier molecular flexibility index (Phi) is 5.68. The molecular weight excluding hydrogens is 210 g/mol. The van der Waals surface area contributed by atoms with E-state index in [0.717, 1.165) is 18.8 Å². The number of ether oxygens (including phenoxy) is 1. The van der Waals surface area contributed by atoms with E-state index in [4.69, 9.17) is 4.74 Å². The zero-order chi connectivity index (χ0) is 12.9. The monoisotopic (exact) mass is 239 g/mol. The molecule has 0 aromatic carbocycles. The average molecular weight is 239 g/mol. The summed E-state index contributed by atoms with van der Waals surface area (Å²) >= 11 is 0. The summed E-state index contributed by atoms with van der Waals surface area (Å²) < 4.78 is 5.94. The fourth-order valence-electron chi connectivity index (χ4n) is 3.25. The van der Waals surface area contributed by atoms with Crippen LogP contribution in [0.1, 0.15) is 52.4 Å². The first-order chi connectivity index (χ1) is 8.04. The second kappa shape index (κ2) is 6.55. The highest BCUT2D eigenvalue weighted by molar-refractivity contribution is 4.99. The summed E-state index contributed by atoms with van der Waals surface area (Å²) in [4.78, 5) is 0. The van der Waals surface area contributed by atoms with Crippen LogP contribution < -0.4 is 5.32 Å². The highest BCUT2D eigenvalue weighted by atomic mass is 16.5. The molecule has 0 bridgehead atoms. The Bertz CT molecular complexity index is 251. The van der Waals surface area contributed by atoms with Crippen LogP contribution in [0.5, 0.6) is 0 Å². The molecule has 0 aromatic rings. The molecule has 0 aromatic heterocycles. The average Bonchev–Trinajstić information content (AvgIpc) is 2.29. The van der Waals surface area contributed by atoms with E-state index in [1.807, 2.05) is 7.11 Å². The largest absolute Gasteiger partial charge is 0.377 e. The topological polar surface area (TPSA) is 21.3 Å². The van der Waals surface area contributed by atoms with Crippen molar-refractivity contribution >= 4 is 0 Å². The lowest BCUT2D eigenvalue weighted by Crippen LogP contribution is -2.53. The molecule has 0 spiro atoms. The highest BCUT2D eigenvalue weighted by Gasteiger charge is 2.41. The molecule has 3 atom stereocenters. The van der Waals surface area contributed by atoms with Crippen molar-refractivity contribution in [2.45, 2.75) is 64.0 Å². The minimum Gasteiger partial charge on any atom is -0.377 e. The fourth-order valence-corrected chi connectivity index (χ4v) is 3.25. The number of nitrogens with one attached hydrogen (secondary N) is 1. The van der Waals surface area contributed by atoms with E-state index in [9.17, 15) is 0 Å². The molecule has 1 N–H and O–H groups in total. The molecule has 1 aliphatic carbocycles. The Labute approximate surface area is 107 Å². The smallest absolute Gasteiger partial charge is 0.0833 e. The van der Waals surface area contributed by atoms with E-state index >= 15 is 0 Å². The van der Waals surface area contributed by atoms with E-state index in [-0.39, 0.29) is 5.60 Å². The van der Waals surface area contributed by atoms with Gasteiger partial charge in [-0.15, -0.1) is 6.58 Å². The summed E-state index contributed by atoms with van der Waals surface area (Å²) in [5.41, 5.74) is 1.31. The molecule has 100 valence electrons. The van der Waals surface area contributed by atoms with Crippen LogP contribution >= 0.6 is 0 Å². The lowest BCUT2D eigenvalue weighted by molar-refractivity contribution is -0.0792. The number of likely N-dealkylation sites (N-methyl/N-ethyl adjacent to an activating group) is 1. The van der Waals surface area contributed by atoms with Crippen molar-refractivity contribution in [2.24, 2.45) is 5.92 Å². The van der Waals surface area contributed by atoms with Crippen molar-refractivity contribution < 1.29 is 4.74 Å². The maximum absolute atomic E-state index is 5.94. The van der Waals surface area contributed by atoms with Crippen LogP contribution in [-0.4, -0.2) is 25.8 Å². The van der Waals surface area contributed by atoms with Crippen molar-refractivity contribution in [1.82, 2.24) is 5.32 Å². The predicted octanol–water partition coefficient (Wildman–Crippen LogP) is 3.53. The number of hydrogen-bond donors (Lipinski definition) is 1. The molecule has 1 saturated carbocycles. The van der Waals surface area contributed by atoms with E-state index < -0.39 is 0 Å². The number of hydrogen-bond acceptors (Lipinski definition) is 2. The number of allylic oxidation sites excluding steroid dienone is 1. The zero-order valence-corrected chi connectivity index (χ0v) is 12.0. The summed E-state index contributed by atoms with van der Waals surface area (Å²) in [6.07, 6.45) is 7.24. The molecule has 0 amide bonds. The normalized spacial score (nSPS) is 31.2. The third-order valence-corrected chi connectivity index (χ3v) is 4.24. The van der Waals surface area contributed by atoms with Gasteiger partial charge in [-0.3, -0.25) is 0 Å². The first-order valence-electron chi connectivity index (χ1n) is 6.91. The van der Waals surface area contributed by atoms with Gasteiger partial charge in [-0.2, -0.15) is 0 Å². The van der Waals surface area contributed by atoms with Crippen LogP contribution in [0.25, 0.3) is 0 Å². The molecule has 3 unspecified atom stereocenters. The van der Waals surface area contributed by atoms with Gasteiger partial charge < -0.3 is 10.1 Å². The van der Waals surface area contributed by atoms with Crippen LogP contribution in [0, 0.1) is 5.92 Å². The third kappa shape index (κ3) is 3.82. The molecule has 0 saturated heterocycles. The summed E-state index contributed by atoms with van der Waals surface area (Å²) in [6.45, 7) is 8.45. The molecular formula is C15H29NO. The van der Waals surface area contributed by atoms with Gasteiger partial charge in [0.2, 0.25) is 0 Å². The van der Waals surface area contributed by atoms with Crippen molar-refractivity contribution in [3.63, 3.8) is 0 Å². The minimum absolute atomic E-state index is 0.0435. The van der Waals surface area contributed by atoms with Gasteiger partial charge in [0, 0.05) is 13.2 Å². The maximum atomic E-state index is 5.94. The first kappa shape index (κ1) is 14.7. The Morgan fingerprint density at radius 2 is 2.29 bits per heavy atom. The number of methoxy groups -OCH3 is 1. The summed E-state index contributed by atoms with van der Waals surface area (Å²) in [7, 11) is 3.94. The Balaban J connectivity index is 2.69. The summed E-state index contributed by atoms with van der Waals surface area (Å²) in [5.74, 6) is 0.782. The maximum Gasteiger partial charge on any atom is 0.0833 e. The molecule has 0 aliphatic heterocycles. The highest BCUT2D eigenvalue weighted by Crippen LogP contribution is 2.38. The lowest BCUT2D eigenvalue weighted by atomic mass is 9.73. The summed E-state index contributed by atoms with van der Waals surface area (Å²) in [5, 5.41) is 3.47. The third-order valence-electron chi connectivity index (χ3n) is 4.24. The van der Waals surface area contributed by atoms with Crippen LogP contribution in [0.3, 0.4) is 0 Å². The van der Waals surface area contributed by atoms with E-state index in [1.165, 1.54) is 31.3 Å². The van der Waals surface area contributed by atoms with Crippen molar-refractivity contribution in [3.05, 3.63) is 12.2 Å². The minimum atomic E-state index is 0.0435. The van der Waals surface area contributed by atoms with Gasteiger partial charge in [0.1, 0.15) is 0 Å². The second-order valence-corrected chi connectivity index (χ2v) is 5.81. The van der Waals surface area contributed by atoms with Gasteiger partial charge in [0.25, 0.3) is 0 Å². The Morgan fingerprint density at radius 1 is 1.59 bits per heavy atom. The molecule has 1 rings (SSSR count).